The molecule has 0 radical (unpaired) electrons. The topological polar surface area (TPSA) is 98.1 Å². The Morgan fingerprint density at radius 1 is 1.03 bits per heavy atom. The number of morpholine rings is 1. The van der Waals surface area contributed by atoms with Gasteiger partial charge >= 0.3 is 0 Å². The molecule has 8 nitrogen and oxygen atoms in total. The number of carbonyl (C=O) groups is 1. The van der Waals surface area contributed by atoms with Gasteiger partial charge < -0.3 is 19.2 Å². The first-order valence-electron chi connectivity index (χ1n) is 10.6. The van der Waals surface area contributed by atoms with Crippen molar-refractivity contribution in [2.24, 2.45) is 0 Å². The third-order valence-corrected chi connectivity index (χ3v) is 7.07. The second-order valence-corrected chi connectivity index (χ2v) is 9.87. The van der Waals surface area contributed by atoms with E-state index in [1.807, 2.05) is 44.2 Å². The molecule has 1 aliphatic heterocycles. The summed E-state index contributed by atoms with van der Waals surface area (Å²) in [5.74, 6) is 0.378. The molecule has 2 unspecified atom stereocenters. The van der Waals surface area contributed by atoms with Crippen LogP contribution in [0.3, 0.4) is 0 Å². The van der Waals surface area contributed by atoms with Gasteiger partial charge in [-0.05, 0) is 56.3 Å². The molecule has 1 aromatic heterocycles. The minimum atomic E-state index is -3.65. The predicted octanol–water partition coefficient (Wildman–Crippen LogP) is 3.91. The van der Waals surface area contributed by atoms with Gasteiger partial charge in [0.2, 0.25) is 10.0 Å². The molecule has 2 heterocycles. The van der Waals surface area contributed by atoms with Crippen molar-refractivity contribution in [1.29, 1.82) is 0 Å². The minimum Gasteiger partial charge on any atom is -0.489 e. The van der Waals surface area contributed by atoms with Crippen LogP contribution in [0, 0.1) is 0 Å². The van der Waals surface area contributed by atoms with E-state index in [0.29, 0.717) is 30.1 Å². The average Bonchev–Trinajstić information content (AvgIpc) is 3.27. The lowest BCUT2D eigenvalue weighted by molar-refractivity contribution is -0.0440. The highest BCUT2D eigenvalue weighted by atomic mass is 32.2. The van der Waals surface area contributed by atoms with Gasteiger partial charge in [0.1, 0.15) is 12.4 Å². The third kappa shape index (κ3) is 5.44. The maximum atomic E-state index is 13.0. The summed E-state index contributed by atoms with van der Waals surface area (Å²) in [6.45, 7) is 4.49. The van der Waals surface area contributed by atoms with Gasteiger partial charge in [0.15, 0.2) is 5.76 Å². The number of amides is 1. The molecule has 0 spiro atoms. The summed E-state index contributed by atoms with van der Waals surface area (Å²) in [5.41, 5.74) is 1.06. The van der Waals surface area contributed by atoms with E-state index >= 15 is 0 Å². The van der Waals surface area contributed by atoms with E-state index in [1.54, 1.807) is 18.2 Å². The van der Waals surface area contributed by atoms with Gasteiger partial charge in [0, 0.05) is 24.3 Å². The van der Waals surface area contributed by atoms with E-state index in [-0.39, 0.29) is 29.5 Å². The normalized spacial score (nSPS) is 19.2. The van der Waals surface area contributed by atoms with Gasteiger partial charge in [-0.25, -0.2) is 8.42 Å². The van der Waals surface area contributed by atoms with Gasteiger partial charge in [-0.2, -0.15) is 4.31 Å². The molecule has 3 aromatic rings. The molecule has 0 aliphatic carbocycles. The highest BCUT2D eigenvalue weighted by Gasteiger charge is 2.32. The quantitative estimate of drug-likeness (QED) is 0.562. The summed E-state index contributed by atoms with van der Waals surface area (Å²) in [5, 5.41) is 2.74. The molecule has 1 N–H and O–H groups in total. The van der Waals surface area contributed by atoms with Crippen molar-refractivity contribution in [2.75, 3.05) is 18.4 Å². The summed E-state index contributed by atoms with van der Waals surface area (Å²) in [6.07, 6.45) is 1.09. The van der Waals surface area contributed by atoms with Crippen LogP contribution < -0.4 is 10.1 Å². The molecule has 9 heteroatoms. The third-order valence-electron chi connectivity index (χ3n) is 5.23. The molecule has 1 fully saturated rings. The van der Waals surface area contributed by atoms with Crippen molar-refractivity contribution >= 4 is 21.6 Å². The number of hydrogen-bond acceptors (Lipinski definition) is 6. The molecular formula is C24H26N2O6S. The molecule has 2 atom stereocenters. The van der Waals surface area contributed by atoms with Crippen LogP contribution in [0.2, 0.25) is 0 Å². The van der Waals surface area contributed by atoms with Gasteiger partial charge in [0.05, 0.1) is 23.4 Å². The Bertz CT molecular complexity index is 1180. The number of sulfonamides is 1. The van der Waals surface area contributed by atoms with Gasteiger partial charge in [-0.1, -0.05) is 18.2 Å². The first-order chi connectivity index (χ1) is 15.8. The Balaban J connectivity index is 1.41. The van der Waals surface area contributed by atoms with Gasteiger partial charge in [-0.15, -0.1) is 0 Å². The van der Waals surface area contributed by atoms with E-state index in [0.717, 1.165) is 0 Å². The van der Waals surface area contributed by atoms with Crippen molar-refractivity contribution in [2.45, 2.75) is 37.6 Å². The zero-order valence-corrected chi connectivity index (χ0v) is 19.2. The standard InChI is InChI=1S/C24H26N2O6S/c1-17-14-26(15-18(2)32-17)33(28,29)22-10-8-20(9-11-22)25-24(27)23-19(12-13-30-23)16-31-21-6-4-3-5-7-21/h3-13,17-18H,14-16H2,1-2H3,(H,25,27). The molecule has 1 saturated heterocycles. The summed E-state index contributed by atoms with van der Waals surface area (Å²) < 4.78 is 44.1. The fourth-order valence-corrected chi connectivity index (χ4v) is 5.29. The fraction of sp³-hybridized carbons (Fsp3) is 0.292. The van der Waals surface area contributed by atoms with E-state index in [1.165, 1.54) is 22.7 Å². The summed E-state index contributed by atoms with van der Waals surface area (Å²) in [4.78, 5) is 12.9. The van der Waals surface area contributed by atoms with Gasteiger partial charge in [-0.3, -0.25) is 4.79 Å². The largest absolute Gasteiger partial charge is 0.489 e. The second kappa shape index (κ2) is 9.78. The zero-order chi connectivity index (χ0) is 23.4. The molecule has 1 aliphatic rings. The maximum Gasteiger partial charge on any atom is 0.291 e. The van der Waals surface area contributed by atoms with Crippen LogP contribution in [0.15, 0.2) is 76.2 Å². The fourth-order valence-electron chi connectivity index (χ4n) is 3.70. The van der Waals surface area contributed by atoms with E-state index in [4.69, 9.17) is 13.9 Å². The van der Waals surface area contributed by atoms with Crippen molar-refractivity contribution in [3.8, 4) is 5.75 Å². The first kappa shape index (κ1) is 23.0. The molecule has 1 amide bonds. The Hall–Kier alpha value is -3.14. The molecule has 2 aromatic carbocycles. The van der Waals surface area contributed by atoms with E-state index in [2.05, 4.69) is 5.32 Å². The van der Waals surface area contributed by atoms with Crippen LogP contribution >= 0.6 is 0 Å². The zero-order valence-electron chi connectivity index (χ0n) is 18.4. The minimum absolute atomic E-state index is 0.138. The second-order valence-electron chi connectivity index (χ2n) is 7.93. The monoisotopic (exact) mass is 470 g/mol. The number of furan rings is 1. The predicted molar refractivity (Wildman–Crippen MR) is 123 cm³/mol. The maximum absolute atomic E-state index is 13.0. The Kier molecular flexibility index (Phi) is 6.83. The number of rotatable bonds is 7. The van der Waals surface area contributed by atoms with Crippen LogP contribution in [-0.2, 0) is 21.4 Å². The molecule has 0 bridgehead atoms. The highest BCUT2D eigenvalue weighted by Crippen LogP contribution is 2.23. The lowest BCUT2D eigenvalue weighted by atomic mass is 10.2. The Morgan fingerprint density at radius 3 is 2.36 bits per heavy atom. The summed E-state index contributed by atoms with van der Waals surface area (Å²) in [7, 11) is -3.65. The summed E-state index contributed by atoms with van der Waals surface area (Å²) >= 11 is 0. The number of hydrogen-bond donors (Lipinski definition) is 1. The number of nitrogens with one attached hydrogen (secondary N) is 1. The Morgan fingerprint density at radius 2 is 1.70 bits per heavy atom. The van der Waals surface area contributed by atoms with Gasteiger partial charge in [0.25, 0.3) is 5.91 Å². The first-order valence-corrected chi connectivity index (χ1v) is 12.1. The van der Waals surface area contributed by atoms with E-state index in [9.17, 15) is 13.2 Å². The lowest BCUT2D eigenvalue weighted by Gasteiger charge is -2.34. The molecule has 4 rings (SSSR count). The number of nitrogens with zero attached hydrogens (tertiary/aromatic N) is 1. The van der Waals surface area contributed by atoms with Crippen molar-refractivity contribution < 1.29 is 27.1 Å². The number of ether oxygens (including phenoxy) is 2. The van der Waals surface area contributed by atoms with Crippen LogP contribution in [-0.4, -0.2) is 43.9 Å². The van der Waals surface area contributed by atoms with Crippen LogP contribution in [0.25, 0.3) is 0 Å². The van der Waals surface area contributed by atoms with E-state index < -0.39 is 15.9 Å². The number of benzene rings is 2. The van der Waals surface area contributed by atoms with Crippen LogP contribution in [0.5, 0.6) is 5.75 Å². The average molecular weight is 471 g/mol. The smallest absolute Gasteiger partial charge is 0.291 e. The molecule has 174 valence electrons. The van der Waals surface area contributed by atoms with Crippen LogP contribution in [0.4, 0.5) is 5.69 Å². The van der Waals surface area contributed by atoms with Crippen molar-refractivity contribution in [3.63, 3.8) is 0 Å². The molecule has 0 saturated carbocycles. The summed E-state index contributed by atoms with van der Waals surface area (Å²) in [6, 6.07) is 17.0. The SMILES string of the molecule is CC1CN(S(=O)(=O)c2ccc(NC(=O)c3occc3COc3ccccc3)cc2)CC(C)O1. The molecule has 33 heavy (non-hydrogen) atoms. The lowest BCUT2D eigenvalue weighted by Crippen LogP contribution is -2.48. The number of para-hydroxylation sites is 1. The molecular weight excluding hydrogens is 444 g/mol. The number of anilines is 1. The Labute approximate surface area is 193 Å². The van der Waals surface area contributed by atoms with Crippen molar-refractivity contribution in [1.82, 2.24) is 4.31 Å². The van der Waals surface area contributed by atoms with Crippen LogP contribution in [0.1, 0.15) is 30.0 Å². The van der Waals surface area contributed by atoms with Crippen molar-refractivity contribution in [3.05, 3.63) is 78.3 Å². The highest BCUT2D eigenvalue weighted by molar-refractivity contribution is 7.89. The number of carbonyl (C=O) groups excluding carboxylic acids is 1.